The summed E-state index contributed by atoms with van der Waals surface area (Å²) in [6.07, 6.45) is 1.13. The van der Waals surface area contributed by atoms with Gasteiger partial charge in [0.1, 0.15) is 17.9 Å². The second-order valence-corrected chi connectivity index (χ2v) is 6.43. The number of fused-ring (bicyclic) bond motifs is 1. The molecular formula is C19H28IN3O2. The van der Waals surface area contributed by atoms with E-state index in [1.807, 2.05) is 18.2 Å². The summed E-state index contributed by atoms with van der Waals surface area (Å²) >= 11 is 0. The summed E-state index contributed by atoms with van der Waals surface area (Å²) in [6.45, 7) is 8.29. The highest BCUT2D eigenvalue weighted by atomic mass is 127. The van der Waals surface area contributed by atoms with Crippen LogP contribution in [0.15, 0.2) is 33.7 Å². The van der Waals surface area contributed by atoms with Crippen LogP contribution < -0.4 is 5.32 Å². The zero-order valence-corrected chi connectivity index (χ0v) is 17.6. The van der Waals surface area contributed by atoms with Gasteiger partial charge in [0.15, 0.2) is 5.96 Å². The predicted octanol–water partition coefficient (Wildman–Crippen LogP) is 3.79. The third-order valence-corrected chi connectivity index (χ3v) is 4.57. The molecule has 1 fully saturated rings. The van der Waals surface area contributed by atoms with E-state index in [9.17, 15) is 0 Å². The smallest absolute Gasteiger partial charge is 0.194 e. The Morgan fingerprint density at radius 2 is 2.16 bits per heavy atom. The van der Waals surface area contributed by atoms with Crippen LogP contribution in [0.2, 0.25) is 0 Å². The number of nitrogens with zero attached hydrogens (tertiary/aromatic N) is 2. The number of aryl methyl sites for hydroxylation is 1. The SMILES string of the molecule is CCNC(=NCc1oc2ccccc2c1C)N(C)CC1CCOC1.I. The molecule has 0 amide bonds. The van der Waals surface area contributed by atoms with E-state index >= 15 is 0 Å². The minimum Gasteiger partial charge on any atom is -0.459 e. The first-order valence-corrected chi connectivity index (χ1v) is 8.73. The summed E-state index contributed by atoms with van der Waals surface area (Å²) in [5, 5.41) is 4.54. The quantitative estimate of drug-likeness (QED) is 0.422. The molecule has 6 heteroatoms. The van der Waals surface area contributed by atoms with Gasteiger partial charge in [-0.1, -0.05) is 18.2 Å². The number of nitrogens with one attached hydrogen (secondary N) is 1. The fraction of sp³-hybridized carbons (Fsp3) is 0.526. The Bertz CT molecular complexity index is 708. The van der Waals surface area contributed by atoms with Crippen LogP contribution in [0.5, 0.6) is 0 Å². The van der Waals surface area contributed by atoms with E-state index < -0.39 is 0 Å². The summed E-state index contributed by atoms with van der Waals surface area (Å²) in [5.41, 5.74) is 2.11. The number of halogens is 1. The zero-order valence-electron chi connectivity index (χ0n) is 15.2. The van der Waals surface area contributed by atoms with E-state index in [0.717, 1.165) is 50.0 Å². The van der Waals surface area contributed by atoms with Gasteiger partial charge in [0, 0.05) is 43.6 Å². The summed E-state index contributed by atoms with van der Waals surface area (Å²) < 4.78 is 11.4. The van der Waals surface area contributed by atoms with Gasteiger partial charge in [0.05, 0.1) is 6.61 Å². The molecule has 1 saturated heterocycles. The fourth-order valence-electron chi connectivity index (χ4n) is 3.19. The maximum Gasteiger partial charge on any atom is 0.194 e. The maximum absolute atomic E-state index is 5.97. The normalized spacial score (nSPS) is 17.6. The second kappa shape index (κ2) is 9.43. The lowest BCUT2D eigenvalue weighted by molar-refractivity contribution is 0.181. The average Bonchev–Trinajstić information content (AvgIpc) is 3.20. The summed E-state index contributed by atoms with van der Waals surface area (Å²) in [4.78, 5) is 6.97. The minimum absolute atomic E-state index is 0. The van der Waals surface area contributed by atoms with Gasteiger partial charge < -0.3 is 19.4 Å². The number of hydrogen-bond donors (Lipinski definition) is 1. The number of guanidine groups is 1. The van der Waals surface area contributed by atoms with E-state index in [1.54, 1.807) is 0 Å². The summed E-state index contributed by atoms with van der Waals surface area (Å²) in [7, 11) is 2.09. The molecular weight excluding hydrogens is 429 g/mol. The van der Waals surface area contributed by atoms with Gasteiger partial charge in [-0.15, -0.1) is 24.0 Å². The van der Waals surface area contributed by atoms with Crippen LogP contribution in [0.1, 0.15) is 24.7 Å². The molecule has 5 nitrogen and oxygen atoms in total. The molecule has 1 aromatic carbocycles. The van der Waals surface area contributed by atoms with Crippen molar-refractivity contribution in [3.8, 4) is 0 Å². The first kappa shape index (κ1) is 20.0. The van der Waals surface area contributed by atoms with Gasteiger partial charge in [0.2, 0.25) is 0 Å². The monoisotopic (exact) mass is 457 g/mol. The molecule has 138 valence electrons. The third-order valence-electron chi connectivity index (χ3n) is 4.57. The molecule has 1 atom stereocenters. The number of ether oxygens (including phenoxy) is 1. The topological polar surface area (TPSA) is 50.0 Å². The molecule has 3 rings (SSSR count). The first-order valence-electron chi connectivity index (χ1n) is 8.73. The highest BCUT2D eigenvalue weighted by Crippen LogP contribution is 2.25. The zero-order chi connectivity index (χ0) is 16.9. The van der Waals surface area contributed by atoms with Crippen molar-refractivity contribution < 1.29 is 9.15 Å². The van der Waals surface area contributed by atoms with Gasteiger partial charge in [-0.05, 0) is 26.3 Å². The molecule has 1 aliphatic rings. The fourth-order valence-corrected chi connectivity index (χ4v) is 3.19. The van der Waals surface area contributed by atoms with Crippen molar-refractivity contribution in [1.29, 1.82) is 0 Å². The van der Waals surface area contributed by atoms with E-state index in [0.29, 0.717) is 12.5 Å². The number of aliphatic imine (C=N–C) groups is 1. The van der Waals surface area contributed by atoms with Crippen molar-refractivity contribution in [3.63, 3.8) is 0 Å². The van der Waals surface area contributed by atoms with Crippen molar-refractivity contribution in [1.82, 2.24) is 10.2 Å². The predicted molar refractivity (Wildman–Crippen MR) is 113 cm³/mol. The molecule has 0 aliphatic carbocycles. The van der Waals surface area contributed by atoms with Crippen molar-refractivity contribution in [2.45, 2.75) is 26.8 Å². The molecule has 0 radical (unpaired) electrons. The maximum atomic E-state index is 5.97. The lowest BCUT2D eigenvalue weighted by atomic mass is 10.1. The minimum atomic E-state index is 0. The van der Waals surface area contributed by atoms with E-state index in [4.69, 9.17) is 14.1 Å². The second-order valence-electron chi connectivity index (χ2n) is 6.43. The van der Waals surface area contributed by atoms with Crippen LogP contribution in [0, 0.1) is 12.8 Å². The van der Waals surface area contributed by atoms with E-state index in [2.05, 4.69) is 37.2 Å². The molecule has 1 N–H and O–H groups in total. The Morgan fingerprint density at radius 1 is 1.36 bits per heavy atom. The molecule has 0 spiro atoms. The Morgan fingerprint density at radius 3 is 2.84 bits per heavy atom. The molecule has 0 saturated carbocycles. The molecule has 1 aromatic heterocycles. The summed E-state index contributed by atoms with van der Waals surface area (Å²) in [5.74, 6) is 2.44. The molecule has 1 unspecified atom stereocenters. The van der Waals surface area contributed by atoms with Crippen LogP contribution in [0.4, 0.5) is 0 Å². The van der Waals surface area contributed by atoms with Crippen LogP contribution in [-0.2, 0) is 11.3 Å². The molecule has 25 heavy (non-hydrogen) atoms. The standard InChI is InChI=1S/C19H27N3O2.HI/c1-4-20-19(22(3)12-15-9-10-23-13-15)21-11-18-14(2)16-7-5-6-8-17(16)24-18;/h5-8,15H,4,9-13H2,1-3H3,(H,20,21);1H. The van der Waals surface area contributed by atoms with Gasteiger partial charge >= 0.3 is 0 Å². The van der Waals surface area contributed by atoms with Crippen LogP contribution in [0.25, 0.3) is 11.0 Å². The number of rotatable bonds is 5. The largest absolute Gasteiger partial charge is 0.459 e. The van der Waals surface area contributed by atoms with Gasteiger partial charge in [-0.3, -0.25) is 0 Å². The highest BCUT2D eigenvalue weighted by molar-refractivity contribution is 14.0. The van der Waals surface area contributed by atoms with Crippen molar-refractivity contribution in [3.05, 3.63) is 35.6 Å². The average molecular weight is 457 g/mol. The van der Waals surface area contributed by atoms with Gasteiger partial charge in [0.25, 0.3) is 0 Å². The Kier molecular flexibility index (Phi) is 7.56. The van der Waals surface area contributed by atoms with E-state index in [-0.39, 0.29) is 24.0 Å². The van der Waals surface area contributed by atoms with Crippen molar-refractivity contribution in [2.24, 2.45) is 10.9 Å². The number of benzene rings is 1. The third kappa shape index (κ3) is 4.88. The first-order chi connectivity index (χ1) is 11.7. The van der Waals surface area contributed by atoms with Crippen LogP contribution in [-0.4, -0.2) is 44.2 Å². The van der Waals surface area contributed by atoms with Crippen molar-refractivity contribution >= 4 is 40.9 Å². The van der Waals surface area contributed by atoms with Crippen LogP contribution in [0.3, 0.4) is 0 Å². The number of hydrogen-bond acceptors (Lipinski definition) is 3. The number of furan rings is 1. The Hall–Kier alpha value is -1.28. The van der Waals surface area contributed by atoms with Gasteiger partial charge in [-0.25, -0.2) is 4.99 Å². The highest BCUT2D eigenvalue weighted by Gasteiger charge is 2.19. The Balaban J connectivity index is 0.00000225. The van der Waals surface area contributed by atoms with Gasteiger partial charge in [-0.2, -0.15) is 0 Å². The molecule has 2 aromatic rings. The van der Waals surface area contributed by atoms with E-state index in [1.165, 1.54) is 10.9 Å². The number of para-hydroxylation sites is 1. The molecule has 1 aliphatic heterocycles. The molecule has 2 heterocycles. The van der Waals surface area contributed by atoms with Crippen molar-refractivity contribution in [2.75, 3.05) is 33.4 Å². The van der Waals surface area contributed by atoms with Crippen LogP contribution >= 0.6 is 24.0 Å². The summed E-state index contributed by atoms with van der Waals surface area (Å²) in [6, 6.07) is 8.14. The molecule has 0 bridgehead atoms. The lowest BCUT2D eigenvalue weighted by Crippen LogP contribution is -2.41. The Labute approximate surface area is 166 Å². The lowest BCUT2D eigenvalue weighted by Gasteiger charge is -2.24.